The Morgan fingerprint density at radius 1 is 1.30 bits per heavy atom. The van der Waals surface area contributed by atoms with Crippen LogP contribution in [0.2, 0.25) is 0 Å². The van der Waals surface area contributed by atoms with Gasteiger partial charge in [-0.2, -0.15) is 0 Å². The Kier molecular flexibility index (Phi) is 5.25. The van der Waals surface area contributed by atoms with E-state index in [-0.39, 0.29) is 23.8 Å². The van der Waals surface area contributed by atoms with E-state index in [4.69, 9.17) is 10.8 Å². The molecule has 6 heteroatoms. The van der Waals surface area contributed by atoms with Crippen LogP contribution in [-0.4, -0.2) is 28.9 Å². The number of aromatic carboxylic acids is 1. The van der Waals surface area contributed by atoms with Gasteiger partial charge in [-0.1, -0.05) is 26.0 Å². The smallest absolute Gasteiger partial charge is 0.335 e. The molecule has 0 aliphatic carbocycles. The fourth-order valence-electron chi connectivity index (χ4n) is 1.79. The number of rotatable bonds is 6. The molecule has 108 valence electrons. The fourth-order valence-corrected chi connectivity index (χ4v) is 1.79. The Bertz CT molecular complexity index is 526. The summed E-state index contributed by atoms with van der Waals surface area (Å²) in [6, 6.07) is 5.37. The van der Waals surface area contributed by atoms with E-state index in [0.717, 1.165) is 0 Å². The molecule has 1 rings (SSSR count). The Morgan fingerprint density at radius 2 is 1.95 bits per heavy atom. The summed E-state index contributed by atoms with van der Waals surface area (Å²) in [7, 11) is 0. The van der Waals surface area contributed by atoms with Gasteiger partial charge >= 0.3 is 5.97 Å². The van der Waals surface area contributed by atoms with Gasteiger partial charge < -0.3 is 16.2 Å². The molecule has 20 heavy (non-hydrogen) atoms. The first-order chi connectivity index (χ1) is 9.31. The fraction of sp³-hybridized carbons (Fsp3) is 0.357. The van der Waals surface area contributed by atoms with Crippen LogP contribution in [-0.2, 0) is 16.0 Å². The van der Waals surface area contributed by atoms with Gasteiger partial charge in [0.2, 0.25) is 11.8 Å². The minimum atomic E-state index is -1.05. The normalized spacial score (nSPS) is 11.9. The molecule has 0 fully saturated rings. The van der Waals surface area contributed by atoms with Crippen molar-refractivity contribution in [2.45, 2.75) is 26.3 Å². The van der Waals surface area contributed by atoms with Crippen LogP contribution in [0.1, 0.15) is 29.8 Å². The van der Waals surface area contributed by atoms with Gasteiger partial charge in [0.1, 0.15) is 6.04 Å². The second-order valence-electron chi connectivity index (χ2n) is 4.87. The van der Waals surface area contributed by atoms with Crippen molar-refractivity contribution in [3.05, 3.63) is 35.4 Å². The van der Waals surface area contributed by atoms with Crippen LogP contribution in [0.3, 0.4) is 0 Å². The summed E-state index contributed by atoms with van der Waals surface area (Å²) >= 11 is 0. The topological polar surface area (TPSA) is 109 Å². The minimum absolute atomic E-state index is 0.00236. The van der Waals surface area contributed by atoms with Gasteiger partial charge in [0.25, 0.3) is 0 Å². The molecule has 6 nitrogen and oxygen atoms in total. The molecule has 1 unspecified atom stereocenters. The van der Waals surface area contributed by atoms with Gasteiger partial charge in [0.05, 0.1) is 12.0 Å². The molecule has 0 spiro atoms. The summed E-state index contributed by atoms with van der Waals surface area (Å²) < 4.78 is 0. The summed E-state index contributed by atoms with van der Waals surface area (Å²) in [5.41, 5.74) is 5.89. The molecule has 2 amide bonds. The van der Waals surface area contributed by atoms with Crippen LogP contribution in [0.4, 0.5) is 0 Å². The predicted octanol–water partition coefficient (Wildman–Crippen LogP) is 0.553. The summed E-state index contributed by atoms with van der Waals surface area (Å²) in [5.74, 6) is -2.12. The first kappa shape index (κ1) is 15.7. The SMILES string of the molecule is CC(C)C(NC(=O)Cc1cccc(C(=O)O)c1)C(N)=O. The highest BCUT2D eigenvalue weighted by Gasteiger charge is 2.21. The zero-order chi connectivity index (χ0) is 15.3. The summed E-state index contributed by atoms with van der Waals surface area (Å²) in [4.78, 5) is 33.9. The van der Waals surface area contributed by atoms with Crippen molar-refractivity contribution < 1.29 is 19.5 Å². The molecule has 0 saturated heterocycles. The number of hydrogen-bond acceptors (Lipinski definition) is 3. The molecule has 1 aromatic rings. The largest absolute Gasteiger partial charge is 0.478 e. The van der Waals surface area contributed by atoms with Crippen molar-refractivity contribution in [3.8, 4) is 0 Å². The monoisotopic (exact) mass is 278 g/mol. The molecule has 0 bridgehead atoms. The third-order valence-corrected chi connectivity index (χ3v) is 2.83. The van der Waals surface area contributed by atoms with Gasteiger partial charge in [0.15, 0.2) is 0 Å². The first-order valence-corrected chi connectivity index (χ1v) is 6.22. The summed E-state index contributed by atoms with van der Waals surface area (Å²) in [6.07, 6.45) is -0.00236. The number of primary amides is 1. The number of carbonyl (C=O) groups is 3. The van der Waals surface area contributed by atoms with E-state index in [2.05, 4.69) is 5.32 Å². The van der Waals surface area contributed by atoms with Gasteiger partial charge in [-0.3, -0.25) is 9.59 Å². The number of carboxylic acid groups (broad SMARTS) is 1. The van der Waals surface area contributed by atoms with Crippen LogP contribution in [0.15, 0.2) is 24.3 Å². The van der Waals surface area contributed by atoms with E-state index in [1.165, 1.54) is 12.1 Å². The summed E-state index contributed by atoms with van der Waals surface area (Å²) in [6.45, 7) is 3.56. The molecule has 4 N–H and O–H groups in total. The van der Waals surface area contributed by atoms with E-state index in [0.29, 0.717) is 5.56 Å². The number of nitrogens with two attached hydrogens (primary N) is 1. The number of carboxylic acids is 1. The molecule has 0 aliphatic heterocycles. The molecule has 0 saturated carbocycles. The maximum Gasteiger partial charge on any atom is 0.335 e. The number of hydrogen-bond donors (Lipinski definition) is 3. The standard InChI is InChI=1S/C14H18N2O4/c1-8(2)12(13(15)18)16-11(17)7-9-4-3-5-10(6-9)14(19)20/h3-6,8,12H,7H2,1-2H3,(H2,15,18)(H,16,17)(H,19,20). The highest BCUT2D eigenvalue weighted by molar-refractivity contribution is 5.89. The lowest BCUT2D eigenvalue weighted by molar-refractivity contribution is -0.127. The van der Waals surface area contributed by atoms with E-state index in [9.17, 15) is 14.4 Å². The average Bonchev–Trinajstić information content (AvgIpc) is 2.35. The second-order valence-corrected chi connectivity index (χ2v) is 4.87. The van der Waals surface area contributed by atoms with Crippen molar-refractivity contribution in [2.75, 3.05) is 0 Å². The Balaban J connectivity index is 2.73. The molecule has 0 radical (unpaired) electrons. The number of benzene rings is 1. The number of amides is 2. The van der Waals surface area contributed by atoms with Crippen molar-refractivity contribution in [1.29, 1.82) is 0 Å². The van der Waals surface area contributed by atoms with Crippen molar-refractivity contribution in [1.82, 2.24) is 5.32 Å². The maximum absolute atomic E-state index is 11.8. The lowest BCUT2D eigenvalue weighted by Crippen LogP contribution is -2.48. The molecule has 0 aromatic heterocycles. The van der Waals surface area contributed by atoms with Crippen molar-refractivity contribution in [2.24, 2.45) is 11.7 Å². The van der Waals surface area contributed by atoms with Gasteiger partial charge in [-0.05, 0) is 23.6 Å². The third kappa shape index (κ3) is 4.38. The zero-order valence-corrected chi connectivity index (χ0v) is 11.4. The van der Waals surface area contributed by atoms with E-state index in [1.54, 1.807) is 26.0 Å². The van der Waals surface area contributed by atoms with Crippen molar-refractivity contribution >= 4 is 17.8 Å². The van der Waals surface area contributed by atoms with Crippen LogP contribution < -0.4 is 11.1 Å². The molecule has 0 heterocycles. The Morgan fingerprint density at radius 3 is 2.45 bits per heavy atom. The van der Waals surface area contributed by atoms with Gasteiger partial charge in [-0.25, -0.2) is 4.79 Å². The lowest BCUT2D eigenvalue weighted by Gasteiger charge is -2.18. The quantitative estimate of drug-likeness (QED) is 0.706. The Hall–Kier alpha value is -2.37. The van der Waals surface area contributed by atoms with E-state index >= 15 is 0 Å². The highest BCUT2D eigenvalue weighted by atomic mass is 16.4. The van der Waals surface area contributed by atoms with Crippen molar-refractivity contribution in [3.63, 3.8) is 0 Å². The van der Waals surface area contributed by atoms with Crippen LogP contribution >= 0.6 is 0 Å². The van der Waals surface area contributed by atoms with Crippen LogP contribution in [0, 0.1) is 5.92 Å². The molecular formula is C14H18N2O4. The predicted molar refractivity (Wildman–Crippen MR) is 73.1 cm³/mol. The lowest BCUT2D eigenvalue weighted by atomic mass is 10.0. The van der Waals surface area contributed by atoms with Gasteiger partial charge in [0, 0.05) is 0 Å². The zero-order valence-electron chi connectivity index (χ0n) is 11.4. The number of carbonyl (C=O) groups excluding carboxylic acids is 2. The number of nitrogens with one attached hydrogen (secondary N) is 1. The maximum atomic E-state index is 11.8. The summed E-state index contributed by atoms with van der Waals surface area (Å²) in [5, 5.41) is 11.4. The molecule has 1 atom stereocenters. The van der Waals surface area contributed by atoms with E-state index in [1.807, 2.05) is 0 Å². The van der Waals surface area contributed by atoms with Crippen LogP contribution in [0.25, 0.3) is 0 Å². The molecule has 0 aliphatic rings. The third-order valence-electron chi connectivity index (χ3n) is 2.83. The molecular weight excluding hydrogens is 260 g/mol. The molecule has 1 aromatic carbocycles. The highest BCUT2D eigenvalue weighted by Crippen LogP contribution is 2.07. The minimum Gasteiger partial charge on any atom is -0.478 e. The second kappa shape index (κ2) is 6.70. The van der Waals surface area contributed by atoms with E-state index < -0.39 is 17.9 Å². The first-order valence-electron chi connectivity index (χ1n) is 6.22. The van der Waals surface area contributed by atoms with Gasteiger partial charge in [-0.15, -0.1) is 0 Å². The van der Waals surface area contributed by atoms with Crippen LogP contribution in [0.5, 0.6) is 0 Å². The Labute approximate surface area is 117 Å². The average molecular weight is 278 g/mol.